The third-order valence-electron chi connectivity index (χ3n) is 2.56. The molecule has 0 aromatic heterocycles. The number of halogens is 3. The molecule has 6 heteroatoms. The predicted molar refractivity (Wildman–Crippen MR) is 81.9 cm³/mol. The van der Waals surface area contributed by atoms with Crippen molar-refractivity contribution in [2.75, 3.05) is 0 Å². The van der Waals surface area contributed by atoms with Crippen LogP contribution < -0.4 is 4.74 Å². The molecule has 0 saturated heterocycles. The number of hydrogen-bond donors (Lipinski definition) is 1. The van der Waals surface area contributed by atoms with E-state index in [-0.39, 0.29) is 12.2 Å². The molecule has 20 heavy (non-hydrogen) atoms. The van der Waals surface area contributed by atoms with Crippen molar-refractivity contribution in [2.45, 2.75) is 6.61 Å². The van der Waals surface area contributed by atoms with Crippen LogP contribution in [0.4, 0.5) is 0 Å². The minimum absolute atomic E-state index is 0.164. The molecule has 3 nitrogen and oxygen atoms in total. The number of carboxylic acid groups (broad SMARTS) is 1. The van der Waals surface area contributed by atoms with Crippen molar-refractivity contribution in [3.63, 3.8) is 0 Å². The summed E-state index contributed by atoms with van der Waals surface area (Å²) in [5.41, 5.74) is 1.00. The monoisotopic (exact) mass is 374 g/mol. The van der Waals surface area contributed by atoms with E-state index >= 15 is 0 Å². The summed E-state index contributed by atoms with van der Waals surface area (Å²) in [6.45, 7) is 0.262. The fourth-order valence-corrected chi connectivity index (χ4v) is 2.22. The number of carbonyl (C=O) groups is 1. The molecule has 0 bridgehead atoms. The first-order valence-electron chi connectivity index (χ1n) is 5.57. The van der Waals surface area contributed by atoms with Gasteiger partial charge in [-0.1, -0.05) is 29.3 Å². The van der Waals surface area contributed by atoms with Crippen molar-refractivity contribution in [3.8, 4) is 5.75 Å². The van der Waals surface area contributed by atoms with E-state index in [0.29, 0.717) is 20.3 Å². The minimum atomic E-state index is -1.00. The quantitative estimate of drug-likeness (QED) is 0.814. The number of carboxylic acids is 1. The summed E-state index contributed by atoms with van der Waals surface area (Å²) in [7, 11) is 0. The zero-order chi connectivity index (χ0) is 14.7. The third-order valence-corrected chi connectivity index (χ3v) is 3.95. The number of hydrogen-bond acceptors (Lipinski definition) is 2. The summed E-state index contributed by atoms with van der Waals surface area (Å²) >= 11 is 15.1. The maximum Gasteiger partial charge on any atom is 0.335 e. The molecule has 0 amide bonds. The Kier molecular flexibility index (Phi) is 4.91. The summed E-state index contributed by atoms with van der Waals surface area (Å²) in [4.78, 5) is 10.9. The molecule has 0 fully saturated rings. The largest absolute Gasteiger partial charge is 0.488 e. The van der Waals surface area contributed by atoms with Gasteiger partial charge in [0, 0.05) is 0 Å². The van der Waals surface area contributed by atoms with Crippen LogP contribution in [0.2, 0.25) is 10.0 Å². The Bertz CT molecular complexity index is 659. The molecule has 2 aromatic carbocycles. The van der Waals surface area contributed by atoms with Gasteiger partial charge >= 0.3 is 5.97 Å². The lowest BCUT2D eigenvalue weighted by molar-refractivity contribution is 0.0696. The van der Waals surface area contributed by atoms with Crippen molar-refractivity contribution in [2.24, 2.45) is 0 Å². The molecule has 0 radical (unpaired) electrons. The molecule has 0 saturated carbocycles. The topological polar surface area (TPSA) is 46.5 Å². The van der Waals surface area contributed by atoms with Gasteiger partial charge in [0.05, 0.1) is 20.1 Å². The first kappa shape index (κ1) is 15.2. The summed E-state index contributed by atoms with van der Waals surface area (Å²) < 4.78 is 6.28. The first-order valence-corrected chi connectivity index (χ1v) is 7.12. The Balaban J connectivity index is 2.15. The van der Waals surface area contributed by atoms with Crippen molar-refractivity contribution >= 4 is 45.1 Å². The molecule has 0 heterocycles. The second-order valence-corrected chi connectivity index (χ2v) is 5.66. The molecule has 0 atom stereocenters. The van der Waals surface area contributed by atoms with E-state index < -0.39 is 5.97 Å². The maximum atomic E-state index is 10.9. The molecule has 0 aliphatic heterocycles. The zero-order valence-corrected chi connectivity index (χ0v) is 13.2. The average molecular weight is 376 g/mol. The van der Waals surface area contributed by atoms with Gasteiger partial charge in [-0.3, -0.25) is 0 Å². The lowest BCUT2D eigenvalue weighted by atomic mass is 10.2. The van der Waals surface area contributed by atoms with Gasteiger partial charge < -0.3 is 9.84 Å². The zero-order valence-electron chi connectivity index (χ0n) is 10.1. The highest BCUT2D eigenvalue weighted by molar-refractivity contribution is 9.10. The van der Waals surface area contributed by atoms with Gasteiger partial charge in [-0.15, -0.1) is 0 Å². The van der Waals surface area contributed by atoms with Crippen molar-refractivity contribution in [1.29, 1.82) is 0 Å². The van der Waals surface area contributed by atoms with Crippen molar-refractivity contribution in [1.82, 2.24) is 0 Å². The summed E-state index contributed by atoms with van der Waals surface area (Å²) in [5, 5.41) is 9.88. The predicted octanol–water partition coefficient (Wildman–Crippen LogP) is 5.03. The number of aromatic carboxylic acids is 1. The van der Waals surface area contributed by atoms with Crippen molar-refractivity contribution in [3.05, 3.63) is 62.0 Å². The van der Waals surface area contributed by atoms with E-state index in [1.807, 2.05) is 0 Å². The van der Waals surface area contributed by atoms with Crippen LogP contribution in [-0.4, -0.2) is 11.1 Å². The van der Waals surface area contributed by atoms with E-state index in [1.165, 1.54) is 12.1 Å². The molecular weight excluding hydrogens is 367 g/mol. The van der Waals surface area contributed by atoms with Gasteiger partial charge in [-0.05, 0) is 51.8 Å². The van der Waals surface area contributed by atoms with Crippen LogP contribution in [0.15, 0.2) is 40.9 Å². The fraction of sp³-hybridized carbons (Fsp3) is 0.0714. The van der Waals surface area contributed by atoms with Crippen LogP contribution >= 0.6 is 39.1 Å². The molecule has 1 N–H and O–H groups in total. The van der Waals surface area contributed by atoms with Crippen LogP contribution in [0.5, 0.6) is 5.75 Å². The lowest BCUT2D eigenvalue weighted by Gasteiger charge is -2.09. The molecular formula is C14H9BrCl2O3. The van der Waals surface area contributed by atoms with Crippen LogP contribution in [0.3, 0.4) is 0 Å². The van der Waals surface area contributed by atoms with Crippen LogP contribution in [0.1, 0.15) is 15.9 Å². The first-order chi connectivity index (χ1) is 9.47. The molecule has 2 rings (SSSR count). The van der Waals surface area contributed by atoms with Gasteiger partial charge in [-0.25, -0.2) is 4.79 Å². The number of rotatable bonds is 4. The minimum Gasteiger partial charge on any atom is -0.488 e. The van der Waals surface area contributed by atoms with E-state index in [1.54, 1.807) is 24.3 Å². The second-order valence-electron chi connectivity index (χ2n) is 3.99. The van der Waals surface area contributed by atoms with Gasteiger partial charge in [0.25, 0.3) is 0 Å². The number of benzene rings is 2. The highest BCUT2D eigenvalue weighted by Gasteiger charge is 2.08. The van der Waals surface area contributed by atoms with Gasteiger partial charge in [0.1, 0.15) is 12.4 Å². The SMILES string of the molecule is O=C(O)c1ccc(Br)c(OCc2ccc(Cl)c(Cl)c2)c1. The molecule has 2 aromatic rings. The van der Waals surface area contributed by atoms with Gasteiger partial charge in [-0.2, -0.15) is 0 Å². The average Bonchev–Trinajstić information content (AvgIpc) is 2.41. The highest BCUT2D eigenvalue weighted by Crippen LogP contribution is 2.28. The van der Waals surface area contributed by atoms with Crippen LogP contribution in [0.25, 0.3) is 0 Å². The summed E-state index contributed by atoms with van der Waals surface area (Å²) in [5.74, 6) is -0.548. The molecule has 104 valence electrons. The molecule has 0 spiro atoms. The third kappa shape index (κ3) is 3.66. The van der Waals surface area contributed by atoms with Gasteiger partial charge in [0.2, 0.25) is 0 Å². The Morgan fingerprint density at radius 1 is 1.15 bits per heavy atom. The standard InChI is InChI=1S/C14H9BrCl2O3/c15-10-3-2-9(14(18)19)6-13(10)20-7-8-1-4-11(16)12(17)5-8/h1-6H,7H2,(H,18,19). The van der Waals surface area contributed by atoms with E-state index in [2.05, 4.69) is 15.9 Å². The maximum absolute atomic E-state index is 10.9. The van der Waals surface area contributed by atoms with Crippen LogP contribution in [-0.2, 0) is 6.61 Å². The second kappa shape index (κ2) is 6.48. The Hall–Kier alpha value is -1.23. The normalized spacial score (nSPS) is 10.3. The molecule has 0 aliphatic rings. The van der Waals surface area contributed by atoms with E-state index in [9.17, 15) is 4.79 Å². The molecule has 0 aliphatic carbocycles. The highest BCUT2D eigenvalue weighted by atomic mass is 79.9. The van der Waals surface area contributed by atoms with E-state index in [4.69, 9.17) is 33.0 Å². The number of ether oxygens (including phenoxy) is 1. The molecule has 0 unspecified atom stereocenters. The summed E-state index contributed by atoms with van der Waals surface area (Å²) in [6.07, 6.45) is 0. The lowest BCUT2D eigenvalue weighted by Crippen LogP contribution is -2.00. The Morgan fingerprint density at radius 2 is 1.90 bits per heavy atom. The smallest absolute Gasteiger partial charge is 0.335 e. The fourth-order valence-electron chi connectivity index (χ4n) is 1.54. The Labute approximate surface area is 134 Å². The van der Waals surface area contributed by atoms with Crippen molar-refractivity contribution < 1.29 is 14.6 Å². The van der Waals surface area contributed by atoms with Gasteiger partial charge in [0.15, 0.2) is 0 Å². The van der Waals surface area contributed by atoms with Crippen LogP contribution in [0, 0.1) is 0 Å². The summed E-state index contributed by atoms with van der Waals surface area (Å²) in [6, 6.07) is 9.78. The Morgan fingerprint density at radius 3 is 2.55 bits per heavy atom. The van der Waals surface area contributed by atoms with E-state index in [0.717, 1.165) is 5.56 Å².